The molecule has 0 nitrogen and oxygen atoms in total. The maximum absolute atomic E-state index is 3.60. The molecule has 0 aromatic carbocycles. The zero-order valence-electron chi connectivity index (χ0n) is 3.47. The second-order valence-electron chi connectivity index (χ2n) is 0.854. The van der Waals surface area contributed by atoms with Crippen molar-refractivity contribution in [3.05, 3.63) is 6.92 Å². The van der Waals surface area contributed by atoms with Gasteiger partial charge in [0.2, 0.25) is 0 Å². The van der Waals surface area contributed by atoms with Crippen molar-refractivity contribution in [1.82, 2.24) is 0 Å². The van der Waals surface area contributed by atoms with Crippen LogP contribution in [0.4, 0.5) is 0 Å². The van der Waals surface area contributed by atoms with Crippen LogP contribution in [0.25, 0.3) is 0 Å². The fraction of sp³-hybridized carbons (Fsp3) is 0.750. The van der Waals surface area contributed by atoms with Crippen LogP contribution in [0.1, 0.15) is 19.8 Å². The van der Waals surface area contributed by atoms with Gasteiger partial charge in [0.15, 0.2) is 0 Å². The molecule has 0 aromatic rings. The summed E-state index contributed by atoms with van der Waals surface area (Å²) < 4.78 is 0. The van der Waals surface area contributed by atoms with Crippen LogP contribution in [0.2, 0.25) is 0 Å². The third kappa shape index (κ3) is 10.9. The summed E-state index contributed by atoms with van der Waals surface area (Å²) in [6, 6.07) is 0. The molecular weight excluding hydrogens is 205 g/mol. The van der Waals surface area contributed by atoms with Gasteiger partial charge in [-0.3, -0.25) is 0 Å². The molecule has 0 aliphatic carbocycles. The van der Waals surface area contributed by atoms with Gasteiger partial charge in [-0.25, -0.2) is 0 Å². The first-order chi connectivity index (χ1) is 1.91. The van der Waals surface area contributed by atoms with E-state index in [1.165, 1.54) is 6.42 Å². The number of rotatable bonds is 1. The Morgan fingerprint density at radius 1 is 1.60 bits per heavy atom. The molecule has 0 aliphatic rings. The molecule has 0 unspecified atom stereocenters. The van der Waals surface area contributed by atoms with Crippen LogP contribution in [0.5, 0.6) is 0 Å². The summed E-state index contributed by atoms with van der Waals surface area (Å²) in [5, 5.41) is 0. The molecule has 0 radical (unpaired) electrons. The Hall–Kier alpha value is 1.32. The van der Waals surface area contributed by atoms with Gasteiger partial charge in [0.1, 0.15) is 0 Å². The molecule has 0 fully saturated rings. The third-order valence-corrected chi connectivity index (χ3v) is 0.354. The van der Waals surface area contributed by atoms with E-state index in [0.717, 1.165) is 6.42 Å². The average Bonchev–Trinajstić information content (AvgIpc) is 1.37. The zero-order chi connectivity index (χ0) is 3.41. The van der Waals surface area contributed by atoms with Crippen LogP contribution in [0.15, 0.2) is 0 Å². The Balaban J connectivity index is 0. The molecule has 5 heavy (non-hydrogen) atoms. The maximum atomic E-state index is 3.60. The molecule has 0 spiro atoms. The molecular formula is C4H9Gd-. The summed E-state index contributed by atoms with van der Waals surface area (Å²) in [5.74, 6) is 0. The van der Waals surface area contributed by atoms with Gasteiger partial charge in [-0.05, 0) is 0 Å². The van der Waals surface area contributed by atoms with E-state index in [-0.39, 0.29) is 39.9 Å². The molecule has 0 atom stereocenters. The molecule has 0 N–H and O–H groups in total. The van der Waals surface area contributed by atoms with Crippen molar-refractivity contribution in [3.8, 4) is 0 Å². The van der Waals surface area contributed by atoms with E-state index in [0.29, 0.717) is 0 Å². The summed E-state index contributed by atoms with van der Waals surface area (Å²) in [6.07, 6.45) is 2.28. The van der Waals surface area contributed by atoms with Gasteiger partial charge in [0.05, 0.1) is 0 Å². The van der Waals surface area contributed by atoms with Gasteiger partial charge < -0.3 is 6.92 Å². The van der Waals surface area contributed by atoms with E-state index in [2.05, 4.69) is 13.8 Å². The van der Waals surface area contributed by atoms with Crippen LogP contribution in [-0.2, 0) is 0 Å². The number of unbranched alkanes of at least 4 members (excludes halogenated alkanes) is 1. The van der Waals surface area contributed by atoms with Crippen molar-refractivity contribution in [2.45, 2.75) is 19.8 Å². The SMILES string of the molecule is [CH2-]CCC.[Gd]. The predicted octanol–water partition coefficient (Wildman–Crippen LogP) is 1.62. The second-order valence-corrected chi connectivity index (χ2v) is 0.854. The number of hydrogen-bond acceptors (Lipinski definition) is 0. The quantitative estimate of drug-likeness (QED) is 0.582. The molecule has 0 saturated heterocycles. The van der Waals surface area contributed by atoms with Crippen molar-refractivity contribution < 1.29 is 39.9 Å². The molecule has 0 rings (SSSR count). The van der Waals surface area contributed by atoms with Crippen LogP contribution in [0.3, 0.4) is 0 Å². The molecule has 1 heteroatoms. The standard InChI is InChI=1S/C4H9.Gd/c1-3-4-2;/h1,3-4H2,2H3;/q-1;. The Morgan fingerprint density at radius 3 is 1.80 bits per heavy atom. The minimum Gasteiger partial charge on any atom is -0.343 e. The Kier molecular flexibility index (Phi) is 17.3. The molecule has 0 amide bonds. The van der Waals surface area contributed by atoms with Crippen molar-refractivity contribution in [2.24, 2.45) is 0 Å². The van der Waals surface area contributed by atoms with E-state index >= 15 is 0 Å². The van der Waals surface area contributed by atoms with Crippen molar-refractivity contribution >= 4 is 0 Å². The summed E-state index contributed by atoms with van der Waals surface area (Å²) in [4.78, 5) is 0. The minimum absolute atomic E-state index is 0. The first-order valence-corrected chi connectivity index (χ1v) is 1.71. The van der Waals surface area contributed by atoms with Gasteiger partial charge in [-0.2, -0.15) is 6.42 Å². The summed E-state index contributed by atoms with van der Waals surface area (Å²) >= 11 is 0. The van der Waals surface area contributed by atoms with E-state index in [1.54, 1.807) is 0 Å². The van der Waals surface area contributed by atoms with E-state index < -0.39 is 0 Å². The monoisotopic (exact) mass is 215 g/mol. The molecule has 0 aromatic heterocycles. The Bertz CT molecular complexity index is 5.61. The van der Waals surface area contributed by atoms with Crippen molar-refractivity contribution in [3.63, 3.8) is 0 Å². The third-order valence-electron chi connectivity index (χ3n) is 0.354. The molecule has 0 aliphatic heterocycles. The zero-order valence-corrected chi connectivity index (χ0v) is 5.74. The summed E-state index contributed by atoms with van der Waals surface area (Å²) in [6.45, 7) is 5.72. The molecule has 0 saturated carbocycles. The Labute approximate surface area is 66.0 Å². The van der Waals surface area contributed by atoms with Gasteiger partial charge in [-0.15, -0.1) is 0 Å². The van der Waals surface area contributed by atoms with Crippen LogP contribution in [-0.4, -0.2) is 0 Å². The van der Waals surface area contributed by atoms with Gasteiger partial charge >= 0.3 is 0 Å². The first kappa shape index (κ1) is 9.59. The normalized spacial score (nSPS) is 6.00. The molecule has 0 heterocycles. The van der Waals surface area contributed by atoms with Gasteiger partial charge in [0, 0.05) is 39.9 Å². The van der Waals surface area contributed by atoms with Crippen molar-refractivity contribution in [1.29, 1.82) is 0 Å². The van der Waals surface area contributed by atoms with Crippen LogP contribution in [0, 0.1) is 46.9 Å². The topological polar surface area (TPSA) is 0 Å². The summed E-state index contributed by atoms with van der Waals surface area (Å²) in [5.41, 5.74) is 0. The van der Waals surface area contributed by atoms with Crippen LogP contribution < -0.4 is 0 Å². The van der Waals surface area contributed by atoms with Gasteiger partial charge in [0.25, 0.3) is 0 Å². The maximum Gasteiger partial charge on any atom is 0 e. The average molecular weight is 214 g/mol. The smallest absolute Gasteiger partial charge is 0 e. The van der Waals surface area contributed by atoms with Gasteiger partial charge in [-0.1, -0.05) is 13.3 Å². The number of hydrogen-bond donors (Lipinski definition) is 0. The molecule has 0 bridgehead atoms. The van der Waals surface area contributed by atoms with Crippen LogP contribution >= 0.6 is 0 Å². The Morgan fingerprint density at radius 2 is 1.80 bits per heavy atom. The van der Waals surface area contributed by atoms with E-state index in [1.807, 2.05) is 0 Å². The van der Waals surface area contributed by atoms with E-state index in [9.17, 15) is 0 Å². The largest absolute Gasteiger partial charge is 0.343 e. The second kappa shape index (κ2) is 9.01. The summed E-state index contributed by atoms with van der Waals surface area (Å²) in [7, 11) is 0. The molecule has 34 valence electrons. The van der Waals surface area contributed by atoms with Crippen molar-refractivity contribution in [2.75, 3.05) is 0 Å². The minimum atomic E-state index is 0. The van der Waals surface area contributed by atoms with E-state index in [4.69, 9.17) is 0 Å². The fourth-order valence-electron chi connectivity index (χ4n) is 0. The first-order valence-electron chi connectivity index (χ1n) is 1.71. The fourth-order valence-corrected chi connectivity index (χ4v) is 0. The predicted molar refractivity (Wildman–Crippen MR) is 20.3 cm³/mol.